The number of ether oxygens (including phenoxy) is 2. The number of para-hydroxylation sites is 1. The van der Waals surface area contributed by atoms with E-state index >= 15 is 0 Å². The molecule has 0 radical (unpaired) electrons. The van der Waals surface area contributed by atoms with E-state index in [1.165, 1.54) is 11.8 Å². The van der Waals surface area contributed by atoms with Gasteiger partial charge in [-0.1, -0.05) is 39.8 Å². The Bertz CT molecular complexity index is 819. The summed E-state index contributed by atoms with van der Waals surface area (Å²) in [4.78, 5) is 13.9. The van der Waals surface area contributed by atoms with Crippen molar-refractivity contribution in [2.75, 3.05) is 12.1 Å². The van der Waals surface area contributed by atoms with Crippen LogP contribution in [0.15, 0.2) is 50.7 Å². The number of hydrogen-bond acceptors (Lipinski definition) is 4. The smallest absolute Gasteiger partial charge is 0.262 e. The van der Waals surface area contributed by atoms with Crippen molar-refractivity contribution in [3.63, 3.8) is 0 Å². The average molecular weight is 376 g/mol. The van der Waals surface area contributed by atoms with Gasteiger partial charge in [0, 0.05) is 9.37 Å². The SMILES string of the molecule is O=C1Nc2ccccc2S/C1=C\c1cc2c(cc1Br)OCO2. The number of thioether (sulfide) groups is 1. The van der Waals surface area contributed by atoms with Crippen LogP contribution in [0.4, 0.5) is 5.69 Å². The number of carbonyl (C=O) groups excluding carboxylic acids is 1. The lowest BCUT2D eigenvalue weighted by Gasteiger charge is -2.18. The quantitative estimate of drug-likeness (QED) is 0.756. The van der Waals surface area contributed by atoms with Gasteiger partial charge < -0.3 is 14.8 Å². The molecule has 1 N–H and O–H groups in total. The normalized spacial score (nSPS) is 17.3. The molecule has 2 aliphatic rings. The lowest BCUT2D eigenvalue weighted by Crippen LogP contribution is -2.17. The van der Waals surface area contributed by atoms with E-state index in [0.717, 1.165) is 20.6 Å². The van der Waals surface area contributed by atoms with E-state index in [1.54, 1.807) is 0 Å². The van der Waals surface area contributed by atoms with E-state index in [2.05, 4.69) is 21.2 Å². The van der Waals surface area contributed by atoms with Gasteiger partial charge in [-0.25, -0.2) is 0 Å². The molecule has 0 aromatic heterocycles. The Balaban J connectivity index is 1.73. The summed E-state index contributed by atoms with van der Waals surface area (Å²) in [7, 11) is 0. The molecule has 2 aromatic carbocycles. The standard InChI is InChI=1S/C16H10BrNO3S/c17-10-7-13-12(20-8-21-13)5-9(10)6-15-16(19)18-11-3-1-2-4-14(11)22-15/h1-7H,8H2,(H,18,19)/b15-6-. The average Bonchev–Trinajstić information content (AvgIpc) is 2.95. The summed E-state index contributed by atoms with van der Waals surface area (Å²) < 4.78 is 11.6. The van der Waals surface area contributed by atoms with E-state index in [1.807, 2.05) is 42.5 Å². The molecule has 6 heteroatoms. The largest absolute Gasteiger partial charge is 0.454 e. The molecule has 0 bridgehead atoms. The summed E-state index contributed by atoms with van der Waals surface area (Å²) >= 11 is 4.97. The Hall–Kier alpha value is -1.92. The molecule has 0 fully saturated rings. The van der Waals surface area contributed by atoms with Crippen molar-refractivity contribution in [1.29, 1.82) is 0 Å². The second-order valence-electron chi connectivity index (χ2n) is 4.79. The molecule has 0 unspecified atom stereocenters. The molecule has 4 rings (SSSR count). The van der Waals surface area contributed by atoms with Crippen LogP contribution in [0.2, 0.25) is 0 Å². The number of fused-ring (bicyclic) bond motifs is 2. The Kier molecular flexibility index (Phi) is 3.35. The van der Waals surface area contributed by atoms with Gasteiger partial charge in [0.2, 0.25) is 6.79 Å². The highest BCUT2D eigenvalue weighted by atomic mass is 79.9. The number of anilines is 1. The molecule has 0 saturated carbocycles. The van der Waals surface area contributed by atoms with Gasteiger partial charge >= 0.3 is 0 Å². The third-order valence-electron chi connectivity index (χ3n) is 3.36. The van der Waals surface area contributed by atoms with Crippen LogP contribution in [0.3, 0.4) is 0 Å². The van der Waals surface area contributed by atoms with Gasteiger partial charge in [-0.15, -0.1) is 0 Å². The van der Waals surface area contributed by atoms with Crippen molar-refractivity contribution in [2.24, 2.45) is 0 Å². The van der Waals surface area contributed by atoms with Crippen molar-refractivity contribution in [3.8, 4) is 11.5 Å². The predicted octanol–water partition coefficient (Wildman–Crippen LogP) is 4.26. The van der Waals surface area contributed by atoms with Crippen LogP contribution < -0.4 is 14.8 Å². The maximum Gasteiger partial charge on any atom is 0.262 e. The number of carbonyl (C=O) groups is 1. The molecule has 0 atom stereocenters. The fraction of sp³-hybridized carbons (Fsp3) is 0.0625. The minimum Gasteiger partial charge on any atom is -0.454 e. The Labute approximate surface area is 139 Å². The number of nitrogens with one attached hydrogen (secondary N) is 1. The second kappa shape index (κ2) is 5.37. The van der Waals surface area contributed by atoms with E-state index in [9.17, 15) is 4.79 Å². The molecule has 0 spiro atoms. The fourth-order valence-electron chi connectivity index (χ4n) is 2.29. The predicted molar refractivity (Wildman–Crippen MR) is 89.2 cm³/mol. The van der Waals surface area contributed by atoms with Crippen LogP contribution >= 0.6 is 27.7 Å². The number of hydrogen-bond donors (Lipinski definition) is 1. The molecule has 2 aromatic rings. The highest BCUT2D eigenvalue weighted by molar-refractivity contribution is 9.10. The summed E-state index contributed by atoms with van der Waals surface area (Å²) in [5, 5.41) is 2.90. The summed E-state index contributed by atoms with van der Waals surface area (Å²) in [5.74, 6) is 1.30. The molecular formula is C16H10BrNO3S. The van der Waals surface area contributed by atoms with Crippen LogP contribution in [0.25, 0.3) is 6.08 Å². The number of amides is 1. The van der Waals surface area contributed by atoms with Crippen LogP contribution in [0.1, 0.15) is 5.56 Å². The minimum atomic E-state index is -0.103. The zero-order valence-corrected chi connectivity index (χ0v) is 13.7. The monoisotopic (exact) mass is 375 g/mol. The van der Waals surface area contributed by atoms with Gasteiger partial charge in [-0.05, 0) is 35.9 Å². The van der Waals surface area contributed by atoms with Crippen molar-refractivity contribution in [3.05, 3.63) is 51.3 Å². The van der Waals surface area contributed by atoms with E-state index in [-0.39, 0.29) is 12.7 Å². The lowest BCUT2D eigenvalue weighted by molar-refractivity contribution is -0.112. The van der Waals surface area contributed by atoms with Crippen LogP contribution in [0.5, 0.6) is 11.5 Å². The molecule has 2 aliphatic heterocycles. The summed E-state index contributed by atoms with van der Waals surface area (Å²) in [6.07, 6.45) is 1.85. The van der Waals surface area contributed by atoms with Crippen LogP contribution in [-0.2, 0) is 4.79 Å². The number of halogens is 1. The lowest BCUT2D eigenvalue weighted by atomic mass is 10.2. The highest BCUT2D eigenvalue weighted by Crippen LogP contribution is 2.41. The number of benzene rings is 2. The first-order valence-corrected chi connectivity index (χ1v) is 8.21. The van der Waals surface area contributed by atoms with Crippen molar-refractivity contribution < 1.29 is 14.3 Å². The zero-order chi connectivity index (χ0) is 15.1. The molecule has 0 saturated heterocycles. The number of rotatable bonds is 1. The third kappa shape index (κ3) is 2.38. The maximum absolute atomic E-state index is 12.2. The Morgan fingerprint density at radius 1 is 1.18 bits per heavy atom. The molecule has 1 amide bonds. The van der Waals surface area contributed by atoms with Gasteiger partial charge in [0.1, 0.15) is 0 Å². The van der Waals surface area contributed by atoms with Crippen LogP contribution in [-0.4, -0.2) is 12.7 Å². The van der Waals surface area contributed by atoms with Gasteiger partial charge in [0.25, 0.3) is 5.91 Å². The van der Waals surface area contributed by atoms with Crippen molar-refractivity contribution in [2.45, 2.75) is 4.90 Å². The molecule has 110 valence electrons. The van der Waals surface area contributed by atoms with Crippen LogP contribution in [0, 0.1) is 0 Å². The van der Waals surface area contributed by atoms with Crippen molar-refractivity contribution >= 4 is 45.4 Å². The van der Waals surface area contributed by atoms with E-state index in [0.29, 0.717) is 16.4 Å². The summed E-state index contributed by atoms with van der Waals surface area (Å²) in [6.45, 7) is 0.227. The minimum absolute atomic E-state index is 0.103. The maximum atomic E-state index is 12.2. The van der Waals surface area contributed by atoms with Gasteiger partial charge in [0.05, 0.1) is 10.6 Å². The first-order chi connectivity index (χ1) is 10.7. The fourth-order valence-corrected chi connectivity index (χ4v) is 3.67. The van der Waals surface area contributed by atoms with Crippen molar-refractivity contribution in [1.82, 2.24) is 0 Å². The molecule has 4 nitrogen and oxygen atoms in total. The summed E-state index contributed by atoms with van der Waals surface area (Å²) in [5.41, 5.74) is 1.72. The van der Waals surface area contributed by atoms with E-state index < -0.39 is 0 Å². The molecule has 2 heterocycles. The Morgan fingerprint density at radius 3 is 2.82 bits per heavy atom. The highest BCUT2D eigenvalue weighted by Gasteiger charge is 2.22. The van der Waals surface area contributed by atoms with Gasteiger partial charge in [-0.2, -0.15) is 0 Å². The van der Waals surface area contributed by atoms with Gasteiger partial charge in [0.15, 0.2) is 11.5 Å². The first kappa shape index (κ1) is 13.7. The molecule has 22 heavy (non-hydrogen) atoms. The second-order valence-corrected chi connectivity index (χ2v) is 6.73. The topological polar surface area (TPSA) is 47.6 Å². The summed E-state index contributed by atoms with van der Waals surface area (Å²) in [6, 6.07) is 11.5. The first-order valence-electron chi connectivity index (χ1n) is 6.60. The molecule has 0 aliphatic carbocycles. The zero-order valence-electron chi connectivity index (χ0n) is 11.3. The van der Waals surface area contributed by atoms with Gasteiger partial charge in [-0.3, -0.25) is 4.79 Å². The third-order valence-corrected chi connectivity index (χ3v) is 5.14. The Morgan fingerprint density at radius 2 is 1.95 bits per heavy atom. The van der Waals surface area contributed by atoms with E-state index in [4.69, 9.17) is 9.47 Å². The molecular weight excluding hydrogens is 366 g/mol.